The predicted molar refractivity (Wildman–Crippen MR) is 101 cm³/mol. The van der Waals surface area contributed by atoms with Crippen LogP contribution in [0.3, 0.4) is 0 Å². The van der Waals surface area contributed by atoms with Crippen molar-refractivity contribution < 1.29 is 13.2 Å². The van der Waals surface area contributed by atoms with Gasteiger partial charge in [0.2, 0.25) is 5.91 Å². The third kappa shape index (κ3) is 5.54. The van der Waals surface area contributed by atoms with E-state index in [0.29, 0.717) is 12.3 Å². The van der Waals surface area contributed by atoms with Gasteiger partial charge < -0.3 is 4.90 Å². The van der Waals surface area contributed by atoms with E-state index in [9.17, 15) is 13.2 Å². The SMILES string of the molecule is CC(C)C[C@H](N[C@H](C)C(=O)N(C)[C@@H]1CCS(=O)(=O)C1)c1ccccc1. The molecule has 6 heteroatoms. The molecule has 0 aliphatic carbocycles. The molecule has 3 atom stereocenters. The normalized spacial score (nSPS) is 21.9. The summed E-state index contributed by atoms with van der Waals surface area (Å²) < 4.78 is 23.3. The van der Waals surface area contributed by atoms with Crippen molar-refractivity contribution in [1.82, 2.24) is 10.2 Å². The molecule has 1 N–H and O–H groups in total. The van der Waals surface area contributed by atoms with E-state index in [4.69, 9.17) is 0 Å². The Bertz CT molecular complexity index is 673. The van der Waals surface area contributed by atoms with Crippen LogP contribution in [0, 0.1) is 5.92 Å². The van der Waals surface area contributed by atoms with Gasteiger partial charge in [-0.05, 0) is 31.2 Å². The molecule has 0 radical (unpaired) electrons. The molecule has 0 aromatic heterocycles. The molecule has 0 spiro atoms. The molecule has 1 heterocycles. The molecule has 1 aliphatic heterocycles. The molecular formula is C19H30N2O3S. The summed E-state index contributed by atoms with van der Waals surface area (Å²) >= 11 is 0. The largest absolute Gasteiger partial charge is 0.340 e. The minimum Gasteiger partial charge on any atom is -0.340 e. The van der Waals surface area contributed by atoms with E-state index in [2.05, 4.69) is 31.3 Å². The van der Waals surface area contributed by atoms with Gasteiger partial charge in [-0.15, -0.1) is 0 Å². The third-order valence-electron chi connectivity index (χ3n) is 4.83. The van der Waals surface area contributed by atoms with Crippen LogP contribution in [0.5, 0.6) is 0 Å². The lowest BCUT2D eigenvalue weighted by atomic mass is 9.96. The Morgan fingerprint density at radius 2 is 1.88 bits per heavy atom. The summed E-state index contributed by atoms with van der Waals surface area (Å²) in [4.78, 5) is 14.4. The Morgan fingerprint density at radius 1 is 1.24 bits per heavy atom. The summed E-state index contributed by atoms with van der Waals surface area (Å²) in [6.45, 7) is 6.19. The average molecular weight is 367 g/mol. The van der Waals surface area contributed by atoms with E-state index in [0.717, 1.165) is 6.42 Å². The Hall–Kier alpha value is -1.40. The third-order valence-corrected chi connectivity index (χ3v) is 6.58. The van der Waals surface area contributed by atoms with Crippen molar-refractivity contribution in [3.63, 3.8) is 0 Å². The first-order valence-corrected chi connectivity index (χ1v) is 10.8. The number of sulfone groups is 1. The van der Waals surface area contributed by atoms with Crippen LogP contribution in [0.4, 0.5) is 0 Å². The molecule has 140 valence electrons. The van der Waals surface area contributed by atoms with Gasteiger partial charge in [0, 0.05) is 19.1 Å². The fraction of sp³-hybridized carbons (Fsp3) is 0.632. The van der Waals surface area contributed by atoms with Crippen LogP contribution in [-0.2, 0) is 14.6 Å². The van der Waals surface area contributed by atoms with Crippen LogP contribution in [-0.4, -0.2) is 49.9 Å². The second kappa shape index (κ2) is 8.32. The van der Waals surface area contributed by atoms with Crippen LogP contribution in [0.25, 0.3) is 0 Å². The summed E-state index contributed by atoms with van der Waals surface area (Å²) in [5.41, 5.74) is 1.17. The van der Waals surface area contributed by atoms with E-state index in [1.165, 1.54) is 5.56 Å². The van der Waals surface area contributed by atoms with Gasteiger partial charge in [0.25, 0.3) is 0 Å². The molecule has 25 heavy (non-hydrogen) atoms. The second-order valence-corrected chi connectivity index (χ2v) is 9.72. The number of nitrogens with zero attached hydrogens (tertiary/aromatic N) is 1. The van der Waals surface area contributed by atoms with E-state index in [-0.39, 0.29) is 35.5 Å². The highest BCUT2D eigenvalue weighted by molar-refractivity contribution is 7.91. The molecule has 5 nitrogen and oxygen atoms in total. The van der Waals surface area contributed by atoms with Crippen LogP contribution in [0.1, 0.15) is 45.2 Å². The highest BCUT2D eigenvalue weighted by Crippen LogP contribution is 2.23. The quantitative estimate of drug-likeness (QED) is 0.805. The molecular weight excluding hydrogens is 336 g/mol. The number of rotatable bonds is 7. The second-order valence-electron chi connectivity index (χ2n) is 7.49. The van der Waals surface area contributed by atoms with E-state index >= 15 is 0 Å². The molecule has 1 amide bonds. The summed E-state index contributed by atoms with van der Waals surface area (Å²) in [6, 6.07) is 9.67. The number of carbonyl (C=O) groups excluding carboxylic acids is 1. The summed E-state index contributed by atoms with van der Waals surface area (Å²) in [5.74, 6) is 0.706. The Morgan fingerprint density at radius 3 is 2.40 bits per heavy atom. The van der Waals surface area contributed by atoms with Crippen molar-refractivity contribution in [1.29, 1.82) is 0 Å². The Balaban J connectivity index is 2.04. The maximum absolute atomic E-state index is 12.8. The van der Waals surface area contributed by atoms with Gasteiger partial charge in [-0.25, -0.2) is 8.42 Å². The molecule has 1 saturated heterocycles. The first kappa shape index (κ1) is 19.9. The lowest BCUT2D eigenvalue weighted by molar-refractivity contribution is -0.133. The smallest absolute Gasteiger partial charge is 0.239 e. The molecule has 1 aromatic rings. The van der Waals surface area contributed by atoms with Gasteiger partial charge in [0.1, 0.15) is 0 Å². The summed E-state index contributed by atoms with van der Waals surface area (Å²) in [5, 5.41) is 3.45. The zero-order valence-corrected chi connectivity index (χ0v) is 16.4. The van der Waals surface area contributed by atoms with Gasteiger partial charge in [-0.1, -0.05) is 44.2 Å². The Kier molecular flexibility index (Phi) is 6.63. The van der Waals surface area contributed by atoms with Gasteiger partial charge in [-0.2, -0.15) is 0 Å². The van der Waals surface area contributed by atoms with Crippen molar-refractivity contribution in [3.05, 3.63) is 35.9 Å². The fourth-order valence-electron chi connectivity index (χ4n) is 3.40. The van der Waals surface area contributed by atoms with Crippen molar-refractivity contribution in [2.75, 3.05) is 18.6 Å². The van der Waals surface area contributed by atoms with Crippen LogP contribution in [0.2, 0.25) is 0 Å². The van der Waals surface area contributed by atoms with Gasteiger partial charge >= 0.3 is 0 Å². The number of nitrogens with one attached hydrogen (secondary N) is 1. The number of likely N-dealkylation sites (N-methyl/N-ethyl adjacent to an activating group) is 1. The number of benzene rings is 1. The zero-order valence-electron chi connectivity index (χ0n) is 15.6. The highest BCUT2D eigenvalue weighted by Gasteiger charge is 2.34. The van der Waals surface area contributed by atoms with Crippen LogP contribution >= 0.6 is 0 Å². The molecule has 2 rings (SSSR count). The maximum Gasteiger partial charge on any atom is 0.239 e. The molecule has 1 aliphatic rings. The van der Waals surface area contributed by atoms with Gasteiger partial charge in [0.05, 0.1) is 17.5 Å². The van der Waals surface area contributed by atoms with Crippen molar-refractivity contribution in [2.45, 2.75) is 51.7 Å². The lowest BCUT2D eigenvalue weighted by Gasteiger charge is -2.30. The van der Waals surface area contributed by atoms with Crippen molar-refractivity contribution in [2.24, 2.45) is 5.92 Å². The standard InChI is InChI=1S/C19H30N2O3S/c1-14(2)12-18(16-8-6-5-7-9-16)20-15(3)19(22)21(4)17-10-11-25(23,24)13-17/h5-9,14-15,17-18,20H,10-13H2,1-4H3/t15-,17-,18+/m1/s1. The van der Waals surface area contributed by atoms with Crippen molar-refractivity contribution in [3.8, 4) is 0 Å². The average Bonchev–Trinajstić information content (AvgIpc) is 2.93. The maximum atomic E-state index is 12.8. The summed E-state index contributed by atoms with van der Waals surface area (Å²) in [6.07, 6.45) is 1.47. The minimum atomic E-state index is -3.00. The number of carbonyl (C=O) groups is 1. The minimum absolute atomic E-state index is 0.0493. The molecule has 1 fully saturated rings. The molecule has 0 bridgehead atoms. The van der Waals surface area contributed by atoms with Crippen LogP contribution in [0.15, 0.2) is 30.3 Å². The van der Waals surface area contributed by atoms with Crippen LogP contribution < -0.4 is 5.32 Å². The monoisotopic (exact) mass is 366 g/mol. The topological polar surface area (TPSA) is 66.5 Å². The molecule has 0 unspecified atom stereocenters. The molecule has 1 aromatic carbocycles. The zero-order chi connectivity index (χ0) is 18.6. The number of amides is 1. The number of hydrogen-bond donors (Lipinski definition) is 1. The predicted octanol–water partition coefficient (Wildman–Crippen LogP) is 2.40. The van der Waals surface area contributed by atoms with E-state index < -0.39 is 9.84 Å². The first-order chi connectivity index (χ1) is 11.7. The first-order valence-electron chi connectivity index (χ1n) is 8.97. The van der Waals surface area contributed by atoms with Gasteiger partial charge in [0.15, 0.2) is 9.84 Å². The molecule has 0 saturated carbocycles. The fourth-order valence-corrected chi connectivity index (χ4v) is 5.17. The highest BCUT2D eigenvalue weighted by atomic mass is 32.2. The van der Waals surface area contributed by atoms with E-state index in [1.807, 2.05) is 25.1 Å². The summed E-state index contributed by atoms with van der Waals surface area (Å²) in [7, 11) is -1.28. The Labute approximate surface area is 151 Å². The van der Waals surface area contributed by atoms with Gasteiger partial charge in [-0.3, -0.25) is 10.1 Å². The van der Waals surface area contributed by atoms with E-state index in [1.54, 1.807) is 11.9 Å². The lowest BCUT2D eigenvalue weighted by Crippen LogP contribution is -2.48. The number of hydrogen-bond acceptors (Lipinski definition) is 4. The van der Waals surface area contributed by atoms with Crippen molar-refractivity contribution >= 4 is 15.7 Å².